The molecular formula is C22H15BrCl2N4O3. The van der Waals surface area contributed by atoms with Crippen molar-refractivity contribution in [3.63, 3.8) is 0 Å². The van der Waals surface area contributed by atoms with E-state index >= 15 is 0 Å². The van der Waals surface area contributed by atoms with E-state index in [4.69, 9.17) is 23.2 Å². The maximum absolute atomic E-state index is 12.6. The minimum Gasteiger partial charge on any atom is -0.322 e. The molecule has 0 aliphatic heterocycles. The molecule has 10 heteroatoms. The second-order valence-corrected chi connectivity index (χ2v) is 8.00. The molecule has 0 radical (unpaired) electrons. The van der Waals surface area contributed by atoms with E-state index in [1.54, 1.807) is 54.6 Å². The van der Waals surface area contributed by atoms with Crippen molar-refractivity contribution in [2.24, 2.45) is 5.10 Å². The Kier molecular flexibility index (Phi) is 7.99. The van der Waals surface area contributed by atoms with Crippen LogP contribution in [0, 0.1) is 0 Å². The molecule has 0 fully saturated rings. The Balaban J connectivity index is 1.65. The van der Waals surface area contributed by atoms with Gasteiger partial charge in [-0.15, -0.1) is 0 Å². The largest absolute Gasteiger partial charge is 0.329 e. The molecule has 0 unspecified atom stereocenters. The standard InChI is InChI=1S/C22H15BrCl2N4O3/c23-14-8-10-15(11-9-14)27-20(30)16-5-1-2-7-18(16)28-21(31)22(32)29-26-12-13-4-3-6-17(24)19(13)25/h1-12H,(H,27,30)(H,28,31)(H,29,32)/b26-12-. The molecule has 162 valence electrons. The number of nitrogens with one attached hydrogen (secondary N) is 3. The molecule has 0 aliphatic rings. The highest BCUT2D eigenvalue weighted by atomic mass is 79.9. The molecule has 3 aromatic rings. The van der Waals surface area contributed by atoms with E-state index in [2.05, 4.69) is 37.1 Å². The molecule has 0 spiro atoms. The van der Waals surface area contributed by atoms with Crippen molar-refractivity contribution < 1.29 is 14.4 Å². The molecule has 0 aromatic heterocycles. The zero-order valence-corrected chi connectivity index (χ0v) is 19.3. The van der Waals surface area contributed by atoms with Crippen LogP contribution >= 0.6 is 39.1 Å². The second kappa shape index (κ2) is 10.9. The van der Waals surface area contributed by atoms with Gasteiger partial charge >= 0.3 is 11.8 Å². The van der Waals surface area contributed by atoms with Gasteiger partial charge in [0.25, 0.3) is 5.91 Å². The highest BCUT2D eigenvalue weighted by Crippen LogP contribution is 2.24. The number of amides is 3. The third kappa shape index (κ3) is 6.16. The summed E-state index contributed by atoms with van der Waals surface area (Å²) in [5, 5.41) is 9.46. The first-order valence-electron chi connectivity index (χ1n) is 9.09. The SMILES string of the molecule is O=C(N/N=C\c1cccc(Cl)c1Cl)C(=O)Nc1ccccc1C(=O)Nc1ccc(Br)cc1. The van der Waals surface area contributed by atoms with E-state index in [0.717, 1.165) is 4.47 Å². The van der Waals surface area contributed by atoms with Crippen LogP contribution < -0.4 is 16.1 Å². The number of hydrogen-bond acceptors (Lipinski definition) is 4. The Labute approximate surface area is 201 Å². The number of benzene rings is 3. The van der Waals surface area contributed by atoms with Crippen molar-refractivity contribution >= 4 is 74.4 Å². The number of carbonyl (C=O) groups excluding carboxylic acids is 3. The Bertz CT molecular complexity index is 1200. The fraction of sp³-hybridized carbons (Fsp3) is 0. The monoisotopic (exact) mass is 532 g/mol. The van der Waals surface area contributed by atoms with Crippen LogP contribution in [0.3, 0.4) is 0 Å². The van der Waals surface area contributed by atoms with Gasteiger partial charge in [-0.1, -0.05) is 63.4 Å². The zero-order chi connectivity index (χ0) is 23.1. The van der Waals surface area contributed by atoms with Crippen molar-refractivity contribution in [2.45, 2.75) is 0 Å². The number of rotatable bonds is 5. The summed E-state index contributed by atoms with van der Waals surface area (Å²) < 4.78 is 0.870. The third-order valence-corrected chi connectivity index (χ3v) is 5.44. The van der Waals surface area contributed by atoms with Gasteiger partial charge in [-0.2, -0.15) is 5.10 Å². The minimum absolute atomic E-state index is 0.170. The van der Waals surface area contributed by atoms with E-state index in [1.165, 1.54) is 18.3 Å². The lowest BCUT2D eigenvalue weighted by molar-refractivity contribution is -0.136. The number of hydrogen-bond donors (Lipinski definition) is 3. The number of carbonyl (C=O) groups is 3. The molecule has 32 heavy (non-hydrogen) atoms. The van der Waals surface area contributed by atoms with Gasteiger partial charge < -0.3 is 10.6 Å². The van der Waals surface area contributed by atoms with Gasteiger partial charge in [-0.3, -0.25) is 14.4 Å². The number of hydrazone groups is 1. The lowest BCUT2D eigenvalue weighted by Gasteiger charge is -2.11. The maximum atomic E-state index is 12.6. The smallest absolute Gasteiger partial charge is 0.322 e. The Morgan fingerprint density at radius 3 is 2.31 bits per heavy atom. The second-order valence-electron chi connectivity index (χ2n) is 6.30. The fourth-order valence-electron chi connectivity index (χ4n) is 2.53. The third-order valence-electron chi connectivity index (χ3n) is 4.08. The van der Waals surface area contributed by atoms with Crippen molar-refractivity contribution in [2.75, 3.05) is 10.6 Å². The van der Waals surface area contributed by atoms with Crippen LogP contribution in [0.2, 0.25) is 10.0 Å². The molecule has 0 aliphatic carbocycles. The molecule has 0 heterocycles. The molecule has 0 atom stereocenters. The quantitative estimate of drug-likeness (QED) is 0.242. The lowest BCUT2D eigenvalue weighted by Crippen LogP contribution is -2.33. The molecule has 3 N–H and O–H groups in total. The van der Waals surface area contributed by atoms with Crippen LogP contribution in [-0.4, -0.2) is 23.9 Å². The van der Waals surface area contributed by atoms with Crippen LogP contribution in [0.25, 0.3) is 0 Å². The van der Waals surface area contributed by atoms with E-state index in [0.29, 0.717) is 16.3 Å². The molecule has 3 aromatic carbocycles. The number of anilines is 2. The van der Waals surface area contributed by atoms with Crippen LogP contribution in [0.1, 0.15) is 15.9 Å². The average molecular weight is 534 g/mol. The fourth-order valence-corrected chi connectivity index (χ4v) is 3.15. The van der Waals surface area contributed by atoms with E-state index < -0.39 is 17.7 Å². The van der Waals surface area contributed by atoms with Gasteiger partial charge in [0.2, 0.25) is 0 Å². The summed E-state index contributed by atoms with van der Waals surface area (Å²) in [5.74, 6) is -2.47. The first-order valence-corrected chi connectivity index (χ1v) is 10.6. The van der Waals surface area contributed by atoms with Crippen LogP contribution in [-0.2, 0) is 9.59 Å². The van der Waals surface area contributed by atoms with Gasteiger partial charge in [0.15, 0.2) is 0 Å². The van der Waals surface area contributed by atoms with E-state index in [-0.39, 0.29) is 16.3 Å². The molecule has 0 bridgehead atoms. The van der Waals surface area contributed by atoms with Crippen molar-refractivity contribution in [3.05, 3.63) is 92.4 Å². The first-order chi connectivity index (χ1) is 15.3. The average Bonchev–Trinajstić information content (AvgIpc) is 2.78. The lowest BCUT2D eigenvalue weighted by atomic mass is 10.1. The summed E-state index contributed by atoms with van der Waals surface area (Å²) in [6.45, 7) is 0. The Hall–Kier alpha value is -3.20. The molecule has 3 amide bonds. The molecule has 3 rings (SSSR count). The summed E-state index contributed by atoms with van der Waals surface area (Å²) in [6, 6.07) is 18.2. The Morgan fingerprint density at radius 2 is 1.56 bits per heavy atom. The normalized spacial score (nSPS) is 10.6. The topological polar surface area (TPSA) is 99.7 Å². The molecule has 7 nitrogen and oxygen atoms in total. The number of halogens is 3. The van der Waals surface area contributed by atoms with Gasteiger partial charge in [0.1, 0.15) is 0 Å². The maximum Gasteiger partial charge on any atom is 0.329 e. The van der Waals surface area contributed by atoms with E-state index in [1.807, 2.05) is 0 Å². The van der Waals surface area contributed by atoms with Gasteiger partial charge in [0.05, 0.1) is 27.5 Å². The van der Waals surface area contributed by atoms with Gasteiger partial charge in [-0.05, 0) is 42.5 Å². The number of para-hydroxylation sites is 1. The molecule has 0 saturated heterocycles. The summed E-state index contributed by atoms with van der Waals surface area (Å²) in [5.41, 5.74) is 3.50. The first kappa shape index (κ1) is 23.5. The highest BCUT2D eigenvalue weighted by molar-refractivity contribution is 9.10. The Morgan fingerprint density at radius 1 is 0.844 bits per heavy atom. The van der Waals surface area contributed by atoms with Crippen LogP contribution in [0.5, 0.6) is 0 Å². The highest BCUT2D eigenvalue weighted by Gasteiger charge is 2.18. The van der Waals surface area contributed by atoms with Crippen molar-refractivity contribution in [1.82, 2.24) is 5.43 Å². The summed E-state index contributed by atoms with van der Waals surface area (Å²) in [4.78, 5) is 37.0. The summed E-state index contributed by atoms with van der Waals surface area (Å²) >= 11 is 15.3. The predicted octanol–water partition coefficient (Wildman–Crippen LogP) is 5.10. The molecule has 0 saturated carbocycles. The van der Waals surface area contributed by atoms with Crippen molar-refractivity contribution in [3.8, 4) is 0 Å². The van der Waals surface area contributed by atoms with Crippen LogP contribution in [0.15, 0.2) is 76.3 Å². The summed E-state index contributed by atoms with van der Waals surface area (Å²) in [6.07, 6.45) is 1.26. The van der Waals surface area contributed by atoms with E-state index in [9.17, 15) is 14.4 Å². The van der Waals surface area contributed by atoms with Gasteiger partial charge in [0, 0.05) is 15.7 Å². The number of nitrogens with zero attached hydrogens (tertiary/aromatic N) is 1. The minimum atomic E-state index is -1.03. The predicted molar refractivity (Wildman–Crippen MR) is 129 cm³/mol. The van der Waals surface area contributed by atoms with Gasteiger partial charge in [-0.25, -0.2) is 5.43 Å². The summed E-state index contributed by atoms with van der Waals surface area (Å²) in [7, 11) is 0. The van der Waals surface area contributed by atoms with Crippen LogP contribution in [0.4, 0.5) is 11.4 Å². The molecular weight excluding hydrogens is 519 g/mol. The van der Waals surface area contributed by atoms with Crippen molar-refractivity contribution in [1.29, 1.82) is 0 Å². The zero-order valence-electron chi connectivity index (χ0n) is 16.2.